The average Bonchev–Trinajstić information content (AvgIpc) is 2.46. The van der Waals surface area contributed by atoms with E-state index in [-0.39, 0.29) is 0 Å². The Labute approximate surface area is 134 Å². The Hall–Kier alpha value is -1.37. The van der Waals surface area contributed by atoms with Crippen LogP contribution in [0.3, 0.4) is 0 Å². The predicted octanol–water partition coefficient (Wildman–Crippen LogP) is 3.07. The van der Waals surface area contributed by atoms with E-state index in [0.29, 0.717) is 18.5 Å². The van der Waals surface area contributed by atoms with Crippen molar-refractivity contribution in [3.05, 3.63) is 35.4 Å². The number of hydrogen-bond acceptors (Lipinski definition) is 3. The molecule has 118 valence electrons. The summed E-state index contributed by atoms with van der Waals surface area (Å²) < 4.78 is 0. The smallest absolute Gasteiger partial charge is 0.0866 e. The van der Waals surface area contributed by atoms with Crippen molar-refractivity contribution < 1.29 is 0 Å². The molecule has 1 aromatic carbocycles. The van der Waals surface area contributed by atoms with E-state index < -0.39 is 0 Å². The zero-order chi connectivity index (χ0) is 15.4. The van der Waals surface area contributed by atoms with E-state index in [1.807, 2.05) is 0 Å². The standard InChI is InChI=1S/C19H27N3/c1-15-4-2-7-17(10-15)18-11-19(14-22(13-18)9-8-20)21-12-16-5-3-6-16/h2,4,7,10,16,18-19,21H,3,5-6,9,11-14H2,1H3. The summed E-state index contributed by atoms with van der Waals surface area (Å²) in [7, 11) is 0. The van der Waals surface area contributed by atoms with Crippen molar-refractivity contribution in [1.82, 2.24) is 10.2 Å². The number of benzene rings is 1. The van der Waals surface area contributed by atoms with Crippen LogP contribution in [0.5, 0.6) is 0 Å². The van der Waals surface area contributed by atoms with Gasteiger partial charge >= 0.3 is 0 Å². The first-order chi connectivity index (χ1) is 10.7. The number of nitriles is 1. The number of aryl methyl sites for hydroxylation is 1. The SMILES string of the molecule is Cc1cccc(C2CC(NCC3CCC3)CN(CC#N)C2)c1. The van der Waals surface area contributed by atoms with Crippen LogP contribution in [0, 0.1) is 24.2 Å². The van der Waals surface area contributed by atoms with E-state index in [4.69, 9.17) is 5.26 Å². The van der Waals surface area contributed by atoms with Gasteiger partial charge in [-0.3, -0.25) is 4.90 Å². The van der Waals surface area contributed by atoms with E-state index in [2.05, 4.69) is 47.5 Å². The highest BCUT2D eigenvalue weighted by molar-refractivity contribution is 5.26. The molecule has 0 radical (unpaired) electrons. The highest BCUT2D eigenvalue weighted by atomic mass is 15.2. The van der Waals surface area contributed by atoms with Crippen LogP contribution in [0.15, 0.2) is 24.3 Å². The molecule has 1 aromatic rings. The third-order valence-corrected chi connectivity index (χ3v) is 5.25. The number of rotatable bonds is 5. The molecule has 2 unspecified atom stereocenters. The summed E-state index contributed by atoms with van der Waals surface area (Å²) in [5.41, 5.74) is 2.76. The van der Waals surface area contributed by atoms with Gasteiger partial charge in [0.25, 0.3) is 0 Å². The fourth-order valence-electron chi connectivity index (χ4n) is 3.76. The summed E-state index contributed by atoms with van der Waals surface area (Å²) in [6, 6.07) is 11.7. The molecular weight excluding hydrogens is 270 g/mol. The summed E-state index contributed by atoms with van der Waals surface area (Å²) in [6.07, 6.45) is 5.38. The van der Waals surface area contributed by atoms with Crippen molar-refractivity contribution in [2.24, 2.45) is 5.92 Å². The monoisotopic (exact) mass is 297 g/mol. The molecule has 1 N–H and O–H groups in total. The fourth-order valence-corrected chi connectivity index (χ4v) is 3.76. The summed E-state index contributed by atoms with van der Waals surface area (Å²) in [5, 5.41) is 12.8. The van der Waals surface area contributed by atoms with Crippen molar-refractivity contribution >= 4 is 0 Å². The number of nitrogens with one attached hydrogen (secondary N) is 1. The van der Waals surface area contributed by atoms with Gasteiger partial charge in [-0.1, -0.05) is 36.2 Å². The fraction of sp³-hybridized carbons (Fsp3) is 0.632. The molecule has 0 spiro atoms. The largest absolute Gasteiger partial charge is 0.312 e. The Morgan fingerprint density at radius 1 is 1.32 bits per heavy atom. The number of likely N-dealkylation sites (tertiary alicyclic amines) is 1. The lowest BCUT2D eigenvalue weighted by Crippen LogP contribution is -2.49. The molecule has 0 bridgehead atoms. The normalized spacial score (nSPS) is 26.4. The van der Waals surface area contributed by atoms with Crippen molar-refractivity contribution in [2.45, 2.75) is 44.6 Å². The average molecular weight is 297 g/mol. The van der Waals surface area contributed by atoms with Crippen LogP contribution in [0.2, 0.25) is 0 Å². The lowest BCUT2D eigenvalue weighted by molar-refractivity contribution is 0.177. The quantitative estimate of drug-likeness (QED) is 0.849. The van der Waals surface area contributed by atoms with Gasteiger partial charge < -0.3 is 5.32 Å². The maximum Gasteiger partial charge on any atom is 0.0866 e. The first-order valence-electron chi connectivity index (χ1n) is 8.64. The van der Waals surface area contributed by atoms with E-state index in [1.165, 1.54) is 36.8 Å². The van der Waals surface area contributed by atoms with Crippen molar-refractivity contribution in [2.75, 3.05) is 26.2 Å². The second kappa shape index (κ2) is 7.26. The molecular formula is C19H27N3. The highest BCUT2D eigenvalue weighted by Crippen LogP contribution is 2.29. The Bertz CT molecular complexity index is 530. The van der Waals surface area contributed by atoms with E-state index in [0.717, 1.165) is 25.6 Å². The van der Waals surface area contributed by atoms with Crippen molar-refractivity contribution in [3.63, 3.8) is 0 Å². The number of nitrogens with zero attached hydrogens (tertiary/aromatic N) is 2. The molecule has 2 fully saturated rings. The minimum atomic E-state index is 0.521. The van der Waals surface area contributed by atoms with Gasteiger partial charge in [-0.05, 0) is 50.1 Å². The van der Waals surface area contributed by atoms with E-state index in [1.54, 1.807) is 0 Å². The maximum absolute atomic E-state index is 9.06. The summed E-state index contributed by atoms with van der Waals surface area (Å²) >= 11 is 0. The van der Waals surface area contributed by atoms with Gasteiger partial charge in [-0.2, -0.15) is 5.26 Å². The minimum Gasteiger partial charge on any atom is -0.312 e. The molecule has 1 heterocycles. The Kier molecular flexibility index (Phi) is 5.12. The van der Waals surface area contributed by atoms with Gasteiger partial charge in [0.15, 0.2) is 0 Å². The minimum absolute atomic E-state index is 0.521. The lowest BCUT2D eigenvalue weighted by atomic mass is 9.84. The summed E-state index contributed by atoms with van der Waals surface area (Å²) in [4.78, 5) is 2.31. The maximum atomic E-state index is 9.06. The van der Waals surface area contributed by atoms with Gasteiger partial charge in [0.05, 0.1) is 12.6 Å². The first-order valence-corrected chi connectivity index (χ1v) is 8.64. The van der Waals surface area contributed by atoms with Gasteiger partial charge in [0.2, 0.25) is 0 Å². The third kappa shape index (κ3) is 3.88. The van der Waals surface area contributed by atoms with Gasteiger partial charge in [0, 0.05) is 19.1 Å². The van der Waals surface area contributed by atoms with E-state index >= 15 is 0 Å². The molecule has 3 heteroatoms. The van der Waals surface area contributed by atoms with Crippen LogP contribution in [0.1, 0.15) is 42.7 Å². The van der Waals surface area contributed by atoms with Crippen LogP contribution < -0.4 is 5.32 Å². The van der Waals surface area contributed by atoms with Gasteiger partial charge in [-0.15, -0.1) is 0 Å². The zero-order valence-corrected chi connectivity index (χ0v) is 13.6. The molecule has 1 aliphatic carbocycles. The zero-order valence-electron chi connectivity index (χ0n) is 13.6. The second-order valence-electron chi connectivity index (χ2n) is 7.10. The van der Waals surface area contributed by atoms with Gasteiger partial charge in [0.1, 0.15) is 0 Å². The third-order valence-electron chi connectivity index (χ3n) is 5.25. The van der Waals surface area contributed by atoms with Crippen LogP contribution >= 0.6 is 0 Å². The molecule has 1 saturated heterocycles. The molecule has 2 aliphatic rings. The van der Waals surface area contributed by atoms with Crippen LogP contribution in [-0.4, -0.2) is 37.1 Å². The molecule has 3 rings (SSSR count). The first kappa shape index (κ1) is 15.5. The summed E-state index contributed by atoms with van der Waals surface area (Å²) in [6.45, 7) is 5.89. The topological polar surface area (TPSA) is 39.1 Å². The van der Waals surface area contributed by atoms with Crippen LogP contribution in [0.4, 0.5) is 0 Å². The predicted molar refractivity (Wildman–Crippen MR) is 89.7 cm³/mol. The molecule has 0 amide bonds. The Balaban J connectivity index is 1.65. The Morgan fingerprint density at radius 3 is 2.86 bits per heavy atom. The number of piperidine rings is 1. The molecule has 1 saturated carbocycles. The van der Waals surface area contributed by atoms with Crippen LogP contribution in [0.25, 0.3) is 0 Å². The molecule has 3 nitrogen and oxygen atoms in total. The second-order valence-corrected chi connectivity index (χ2v) is 7.10. The molecule has 2 atom stereocenters. The molecule has 22 heavy (non-hydrogen) atoms. The van der Waals surface area contributed by atoms with Gasteiger partial charge in [-0.25, -0.2) is 0 Å². The summed E-state index contributed by atoms with van der Waals surface area (Å²) in [5.74, 6) is 1.43. The molecule has 0 aromatic heterocycles. The Morgan fingerprint density at radius 2 is 2.18 bits per heavy atom. The number of hydrogen-bond donors (Lipinski definition) is 1. The molecule has 1 aliphatic heterocycles. The highest BCUT2D eigenvalue weighted by Gasteiger charge is 2.29. The van der Waals surface area contributed by atoms with Crippen molar-refractivity contribution in [1.29, 1.82) is 5.26 Å². The lowest BCUT2D eigenvalue weighted by Gasteiger charge is -2.38. The van der Waals surface area contributed by atoms with E-state index in [9.17, 15) is 0 Å². The van der Waals surface area contributed by atoms with Crippen LogP contribution in [-0.2, 0) is 0 Å². The van der Waals surface area contributed by atoms with Crippen molar-refractivity contribution in [3.8, 4) is 6.07 Å².